The lowest BCUT2D eigenvalue weighted by atomic mass is 10.2. The third-order valence-corrected chi connectivity index (χ3v) is 6.01. The molecule has 0 aromatic carbocycles. The molecule has 7 nitrogen and oxygen atoms in total. The predicted octanol–water partition coefficient (Wildman–Crippen LogP) is 0.208. The Hall–Kier alpha value is -1.06. The molecular weight excluding hydrogens is 300 g/mol. The molecule has 1 aromatic heterocycles. The highest BCUT2D eigenvalue weighted by atomic mass is 32.2. The maximum Gasteiger partial charge on any atom is 0.267 e. The highest BCUT2D eigenvalue weighted by Gasteiger charge is 2.29. The fraction of sp³-hybridized carbons (Fsp3) is 0.727. The molecule has 112 valence electrons. The number of piperazine rings is 1. The molecule has 1 saturated heterocycles. The fourth-order valence-electron chi connectivity index (χ4n) is 2.10. The van der Waals surface area contributed by atoms with E-state index in [1.54, 1.807) is 11.8 Å². The molecule has 2 heterocycles. The van der Waals surface area contributed by atoms with Crippen molar-refractivity contribution in [2.45, 2.75) is 20.3 Å². The first-order chi connectivity index (χ1) is 9.49. The molecule has 1 amide bonds. The van der Waals surface area contributed by atoms with Gasteiger partial charge in [0.2, 0.25) is 10.0 Å². The Morgan fingerprint density at radius 1 is 1.25 bits per heavy atom. The van der Waals surface area contributed by atoms with E-state index in [0.29, 0.717) is 43.2 Å². The molecule has 1 fully saturated rings. The number of carbonyl (C=O) groups is 1. The summed E-state index contributed by atoms with van der Waals surface area (Å²) in [5.74, 6) is 0.00469. The number of aromatic nitrogens is 2. The summed E-state index contributed by atoms with van der Waals surface area (Å²) >= 11 is 1.10. The van der Waals surface area contributed by atoms with E-state index in [1.165, 1.54) is 4.31 Å². The van der Waals surface area contributed by atoms with E-state index in [4.69, 9.17) is 0 Å². The summed E-state index contributed by atoms with van der Waals surface area (Å²) < 4.78 is 28.8. The van der Waals surface area contributed by atoms with Crippen molar-refractivity contribution in [2.75, 3.05) is 31.9 Å². The Labute approximate surface area is 122 Å². The van der Waals surface area contributed by atoms with Crippen molar-refractivity contribution in [3.05, 3.63) is 10.6 Å². The molecule has 0 saturated carbocycles. The smallest absolute Gasteiger partial charge is 0.267 e. The van der Waals surface area contributed by atoms with Gasteiger partial charge >= 0.3 is 0 Å². The first-order valence-corrected chi connectivity index (χ1v) is 8.96. The van der Waals surface area contributed by atoms with Crippen LogP contribution in [0.2, 0.25) is 0 Å². The van der Waals surface area contributed by atoms with E-state index in [1.807, 2.05) is 6.92 Å². The van der Waals surface area contributed by atoms with E-state index in [-0.39, 0.29) is 11.7 Å². The first kappa shape index (κ1) is 15.3. The van der Waals surface area contributed by atoms with Gasteiger partial charge in [-0.15, -0.1) is 5.10 Å². The molecule has 0 aliphatic carbocycles. The van der Waals surface area contributed by atoms with E-state index in [9.17, 15) is 13.2 Å². The monoisotopic (exact) mass is 318 g/mol. The Morgan fingerprint density at radius 3 is 2.45 bits per heavy atom. The number of hydrogen-bond donors (Lipinski definition) is 0. The summed E-state index contributed by atoms with van der Waals surface area (Å²) in [5, 5.41) is 3.93. The second-order valence-corrected chi connectivity index (χ2v) is 7.51. The minimum absolute atomic E-state index is 0.0922. The second-order valence-electron chi connectivity index (χ2n) is 4.49. The van der Waals surface area contributed by atoms with E-state index >= 15 is 0 Å². The maximum absolute atomic E-state index is 12.4. The van der Waals surface area contributed by atoms with Gasteiger partial charge in [0.15, 0.2) is 0 Å². The van der Waals surface area contributed by atoms with Gasteiger partial charge in [-0.2, -0.15) is 4.31 Å². The third kappa shape index (κ3) is 2.99. The van der Waals surface area contributed by atoms with Crippen LogP contribution in [0.1, 0.15) is 29.2 Å². The summed E-state index contributed by atoms with van der Waals surface area (Å²) in [6.07, 6.45) is 0.668. The van der Waals surface area contributed by atoms with Crippen LogP contribution in [0.15, 0.2) is 0 Å². The van der Waals surface area contributed by atoms with Crippen molar-refractivity contribution >= 4 is 27.5 Å². The molecule has 0 unspecified atom stereocenters. The molecule has 0 atom stereocenters. The van der Waals surface area contributed by atoms with Crippen LogP contribution in [0.5, 0.6) is 0 Å². The Balaban J connectivity index is 2.03. The number of rotatable bonds is 4. The lowest BCUT2D eigenvalue weighted by Crippen LogP contribution is -2.50. The number of sulfonamides is 1. The van der Waals surface area contributed by atoms with E-state index in [2.05, 4.69) is 9.59 Å². The summed E-state index contributed by atoms with van der Waals surface area (Å²) in [4.78, 5) is 14.6. The molecule has 0 radical (unpaired) electrons. The van der Waals surface area contributed by atoms with Crippen LogP contribution < -0.4 is 0 Å². The van der Waals surface area contributed by atoms with Gasteiger partial charge < -0.3 is 4.90 Å². The van der Waals surface area contributed by atoms with Gasteiger partial charge in [0.25, 0.3) is 5.91 Å². The van der Waals surface area contributed by atoms with Crippen molar-refractivity contribution in [3.63, 3.8) is 0 Å². The number of amides is 1. The zero-order valence-electron chi connectivity index (χ0n) is 11.6. The molecule has 0 bridgehead atoms. The minimum Gasteiger partial charge on any atom is -0.335 e. The molecule has 0 spiro atoms. The summed E-state index contributed by atoms with van der Waals surface area (Å²) in [7, 11) is -3.16. The molecule has 1 aliphatic heterocycles. The van der Waals surface area contributed by atoms with Crippen LogP contribution in [-0.4, -0.2) is 65.0 Å². The summed E-state index contributed by atoms with van der Waals surface area (Å²) in [5.41, 5.74) is 0.712. The van der Waals surface area contributed by atoms with E-state index < -0.39 is 10.0 Å². The Bertz CT molecular complexity index is 576. The summed E-state index contributed by atoms with van der Waals surface area (Å²) in [6.45, 7) is 5.10. The average molecular weight is 318 g/mol. The molecule has 9 heteroatoms. The van der Waals surface area contributed by atoms with Crippen LogP contribution >= 0.6 is 11.5 Å². The fourth-order valence-corrected chi connectivity index (χ4v) is 3.90. The normalized spacial score (nSPS) is 17.4. The molecule has 0 N–H and O–H groups in total. The van der Waals surface area contributed by atoms with Crippen molar-refractivity contribution in [1.29, 1.82) is 0 Å². The predicted molar refractivity (Wildman–Crippen MR) is 76.2 cm³/mol. The minimum atomic E-state index is -3.16. The van der Waals surface area contributed by atoms with Gasteiger partial charge in [0, 0.05) is 26.2 Å². The Morgan fingerprint density at radius 2 is 1.90 bits per heavy atom. The van der Waals surface area contributed by atoms with Crippen LogP contribution in [0.3, 0.4) is 0 Å². The second kappa shape index (κ2) is 6.15. The van der Waals surface area contributed by atoms with Gasteiger partial charge in [-0.05, 0) is 24.9 Å². The average Bonchev–Trinajstić information content (AvgIpc) is 2.95. The largest absolute Gasteiger partial charge is 0.335 e. The zero-order valence-corrected chi connectivity index (χ0v) is 13.2. The summed E-state index contributed by atoms with van der Waals surface area (Å²) in [6, 6.07) is 0. The van der Waals surface area contributed by atoms with Crippen LogP contribution in [0.4, 0.5) is 0 Å². The first-order valence-electron chi connectivity index (χ1n) is 6.58. The standard InChI is InChI=1S/C11H18N4O3S2/c1-3-9-10(19-13-12-9)11(16)14-5-7-15(8-6-14)20(17,18)4-2/h3-8H2,1-2H3. The number of nitrogens with zero attached hydrogens (tertiary/aromatic N) is 4. The van der Waals surface area contributed by atoms with Gasteiger partial charge in [0.1, 0.15) is 4.88 Å². The van der Waals surface area contributed by atoms with Crippen LogP contribution in [0.25, 0.3) is 0 Å². The lowest BCUT2D eigenvalue weighted by Gasteiger charge is -2.33. The molecule has 1 aliphatic rings. The third-order valence-electron chi connectivity index (χ3n) is 3.37. The number of hydrogen-bond acceptors (Lipinski definition) is 6. The highest BCUT2D eigenvalue weighted by Crippen LogP contribution is 2.16. The van der Waals surface area contributed by atoms with E-state index in [0.717, 1.165) is 11.5 Å². The van der Waals surface area contributed by atoms with Crippen molar-refractivity contribution < 1.29 is 13.2 Å². The van der Waals surface area contributed by atoms with Gasteiger partial charge in [-0.25, -0.2) is 8.42 Å². The quantitative estimate of drug-likeness (QED) is 0.792. The number of carbonyl (C=O) groups excluding carboxylic acids is 1. The highest BCUT2D eigenvalue weighted by molar-refractivity contribution is 7.89. The topological polar surface area (TPSA) is 83.5 Å². The van der Waals surface area contributed by atoms with Gasteiger partial charge in [-0.1, -0.05) is 11.4 Å². The number of aryl methyl sites for hydroxylation is 1. The molecule has 1 aromatic rings. The van der Waals surface area contributed by atoms with Crippen molar-refractivity contribution in [2.24, 2.45) is 0 Å². The van der Waals surface area contributed by atoms with Crippen molar-refractivity contribution in [3.8, 4) is 0 Å². The maximum atomic E-state index is 12.4. The van der Waals surface area contributed by atoms with Crippen LogP contribution in [0, 0.1) is 0 Å². The lowest BCUT2D eigenvalue weighted by molar-refractivity contribution is 0.0701. The van der Waals surface area contributed by atoms with Gasteiger partial charge in [0.05, 0.1) is 11.4 Å². The molecule has 2 rings (SSSR count). The van der Waals surface area contributed by atoms with Crippen molar-refractivity contribution in [1.82, 2.24) is 18.8 Å². The van der Waals surface area contributed by atoms with Gasteiger partial charge in [-0.3, -0.25) is 4.79 Å². The SMILES string of the molecule is CCc1nnsc1C(=O)N1CCN(S(=O)(=O)CC)CC1. The zero-order chi connectivity index (χ0) is 14.8. The molecular formula is C11H18N4O3S2. The van der Waals surface area contributed by atoms with Crippen LogP contribution in [-0.2, 0) is 16.4 Å². The Kier molecular flexibility index (Phi) is 4.71. The molecule has 20 heavy (non-hydrogen) atoms.